The van der Waals surface area contributed by atoms with Gasteiger partial charge in [-0.05, 0) is 0 Å². The SMILES string of the molecule is C1=CC2CCCCC2[Se]1. The summed E-state index contributed by atoms with van der Waals surface area (Å²) in [5, 5.41) is 0. The van der Waals surface area contributed by atoms with Gasteiger partial charge in [0.05, 0.1) is 0 Å². The molecule has 9 heavy (non-hydrogen) atoms. The van der Waals surface area contributed by atoms with E-state index in [1.54, 1.807) is 0 Å². The van der Waals surface area contributed by atoms with Crippen molar-refractivity contribution >= 4 is 15.0 Å². The Kier molecular flexibility index (Phi) is 1.65. The molecule has 1 saturated carbocycles. The van der Waals surface area contributed by atoms with E-state index in [2.05, 4.69) is 11.1 Å². The van der Waals surface area contributed by atoms with Crippen molar-refractivity contribution in [3.8, 4) is 0 Å². The second kappa shape index (κ2) is 2.48. The average Bonchev–Trinajstić information content (AvgIpc) is 2.33. The third-order valence-electron chi connectivity index (χ3n) is 2.33. The van der Waals surface area contributed by atoms with E-state index in [9.17, 15) is 0 Å². The summed E-state index contributed by atoms with van der Waals surface area (Å²) in [6, 6.07) is 0. The van der Waals surface area contributed by atoms with Gasteiger partial charge >= 0.3 is 62.4 Å². The minimum atomic E-state index is 0.880. The summed E-state index contributed by atoms with van der Waals surface area (Å²) in [4.78, 5) is 3.56. The van der Waals surface area contributed by atoms with Gasteiger partial charge in [0.15, 0.2) is 0 Å². The van der Waals surface area contributed by atoms with E-state index in [4.69, 9.17) is 0 Å². The van der Waals surface area contributed by atoms with Crippen LogP contribution in [0.5, 0.6) is 0 Å². The van der Waals surface area contributed by atoms with Crippen LogP contribution in [0.25, 0.3) is 0 Å². The van der Waals surface area contributed by atoms with Crippen LogP contribution in [0.3, 0.4) is 0 Å². The second-order valence-corrected chi connectivity index (χ2v) is 5.36. The van der Waals surface area contributed by atoms with Crippen molar-refractivity contribution in [2.75, 3.05) is 0 Å². The van der Waals surface area contributed by atoms with Gasteiger partial charge < -0.3 is 0 Å². The van der Waals surface area contributed by atoms with E-state index in [1.165, 1.54) is 25.7 Å². The Bertz CT molecular complexity index is 129. The molecule has 0 amide bonds. The maximum absolute atomic E-state index is 2.46. The molecule has 2 aliphatic rings. The normalized spacial score (nSPS) is 40.9. The third-order valence-corrected chi connectivity index (χ3v) is 4.95. The molecule has 1 aliphatic carbocycles. The van der Waals surface area contributed by atoms with Crippen LogP contribution in [-0.2, 0) is 0 Å². The molecule has 1 heterocycles. The standard InChI is InChI=1S/C8H12Se/c1-2-4-8-7(3-1)5-6-9-8/h5-8H,1-4H2. The van der Waals surface area contributed by atoms with Gasteiger partial charge in [-0.1, -0.05) is 0 Å². The van der Waals surface area contributed by atoms with E-state index in [-0.39, 0.29) is 0 Å². The molecular weight excluding hydrogens is 175 g/mol. The van der Waals surface area contributed by atoms with Crippen molar-refractivity contribution in [3.05, 3.63) is 11.1 Å². The molecule has 50 valence electrons. The van der Waals surface area contributed by atoms with E-state index in [0.29, 0.717) is 0 Å². The molecule has 0 spiro atoms. The number of hydrogen-bond donors (Lipinski definition) is 0. The zero-order valence-corrected chi connectivity index (χ0v) is 7.26. The van der Waals surface area contributed by atoms with Gasteiger partial charge in [-0.15, -0.1) is 0 Å². The molecule has 0 aromatic carbocycles. The fraction of sp³-hybridized carbons (Fsp3) is 0.750. The number of allylic oxidation sites excluding steroid dienone is 1. The number of fused-ring (bicyclic) bond motifs is 1. The first kappa shape index (κ1) is 6.00. The predicted molar refractivity (Wildman–Crippen MR) is 40.6 cm³/mol. The van der Waals surface area contributed by atoms with Crippen molar-refractivity contribution in [1.29, 1.82) is 0 Å². The van der Waals surface area contributed by atoms with Gasteiger partial charge in [0.2, 0.25) is 0 Å². The Morgan fingerprint density at radius 1 is 1.22 bits per heavy atom. The Labute approximate surface area is 62.9 Å². The van der Waals surface area contributed by atoms with Gasteiger partial charge in [0, 0.05) is 0 Å². The molecule has 2 atom stereocenters. The zero-order chi connectivity index (χ0) is 6.10. The van der Waals surface area contributed by atoms with Gasteiger partial charge in [-0.25, -0.2) is 0 Å². The first-order valence-corrected chi connectivity index (χ1v) is 5.77. The van der Waals surface area contributed by atoms with Crippen LogP contribution in [0.2, 0.25) is 4.82 Å². The quantitative estimate of drug-likeness (QED) is 0.510. The molecule has 0 radical (unpaired) electrons. The van der Waals surface area contributed by atoms with Crippen molar-refractivity contribution < 1.29 is 0 Å². The van der Waals surface area contributed by atoms with Gasteiger partial charge in [-0.2, -0.15) is 0 Å². The number of rotatable bonds is 0. The summed E-state index contributed by atoms with van der Waals surface area (Å²) in [6.07, 6.45) is 8.47. The fourth-order valence-electron chi connectivity index (χ4n) is 1.76. The van der Waals surface area contributed by atoms with Crippen LogP contribution in [0.15, 0.2) is 11.1 Å². The van der Waals surface area contributed by atoms with Crippen LogP contribution >= 0.6 is 0 Å². The summed E-state index contributed by atoms with van der Waals surface area (Å²) < 4.78 is 0. The number of hydrogen-bond acceptors (Lipinski definition) is 0. The molecule has 1 aliphatic heterocycles. The maximum atomic E-state index is 2.46. The van der Waals surface area contributed by atoms with Crippen LogP contribution in [0.1, 0.15) is 25.7 Å². The molecule has 0 aromatic heterocycles. The van der Waals surface area contributed by atoms with Crippen LogP contribution in [0.4, 0.5) is 0 Å². The zero-order valence-electron chi connectivity index (χ0n) is 5.55. The van der Waals surface area contributed by atoms with E-state index in [1.807, 2.05) is 0 Å². The van der Waals surface area contributed by atoms with E-state index >= 15 is 0 Å². The summed E-state index contributed by atoms with van der Waals surface area (Å²) in [7, 11) is 0. The van der Waals surface area contributed by atoms with Gasteiger partial charge in [0.25, 0.3) is 0 Å². The second-order valence-electron chi connectivity index (χ2n) is 2.95. The molecule has 0 nitrogen and oxygen atoms in total. The average molecular weight is 187 g/mol. The molecule has 2 unspecified atom stereocenters. The fourth-order valence-corrected chi connectivity index (χ4v) is 4.33. The Morgan fingerprint density at radius 2 is 2.11 bits per heavy atom. The van der Waals surface area contributed by atoms with Crippen LogP contribution in [0, 0.1) is 5.92 Å². The van der Waals surface area contributed by atoms with Gasteiger partial charge in [0.1, 0.15) is 0 Å². The van der Waals surface area contributed by atoms with Crippen molar-refractivity contribution in [3.63, 3.8) is 0 Å². The first-order valence-electron chi connectivity index (χ1n) is 3.79. The van der Waals surface area contributed by atoms with E-state index in [0.717, 1.165) is 25.7 Å². The minimum absolute atomic E-state index is 0.880. The third kappa shape index (κ3) is 1.09. The monoisotopic (exact) mass is 188 g/mol. The molecule has 1 fully saturated rings. The summed E-state index contributed by atoms with van der Waals surface area (Å²) in [5.41, 5.74) is 0. The molecule has 2 rings (SSSR count). The summed E-state index contributed by atoms with van der Waals surface area (Å²) in [6.45, 7) is 0. The summed E-state index contributed by atoms with van der Waals surface area (Å²) in [5.74, 6) is 1.01. The van der Waals surface area contributed by atoms with Crippen molar-refractivity contribution in [1.82, 2.24) is 0 Å². The van der Waals surface area contributed by atoms with Gasteiger partial charge in [-0.3, -0.25) is 0 Å². The molecule has 0 saturated heterocycles. The topological polar surface area (TPSA) is 0 Å². The first-order chi connectivity index (χ1) is 4.47. The molecule has 0 aromatic rings. The Hall–Kier alpha value is 0.259. The molecule has 1 heteroatoms. The molecular formula is C8H12Se. The summed E-state index contributed by atoms with van der Waals surface area (Å²) >= 11 is 0.880. The van der Waals surface area contributed by atoms with E-state index < -0.39 is 0 Å². The molecule has 0 bridgehead atoms. The predicted octanol–water partition coefficient (Wildman–Crippen LogP) is 2.20. The van der Waals surface area contributed by atoms with Crippen molar-refractivity contribution in [2.45, 2.75) is 30.5 Å². The van der Waals surface area contributed by atoms with Crippen LogP contribution in [-0.4, -0.2) is 15.0 Å². The van der Waals surface area contributed by atoms with Crippen LogP contribution < -0.4 is 0 Å². The Balaban J connectivity index is 2.03. The Morgan fingerprint density at radius 3 is 3.00 bits per heavy atom. The molecule has 0 N–H and O–H groups in total. The van der Waals surface area contributed by atoms with Crippen molar-refractivity contribution in [2.24, 2.45) is 5.92 Å².